The Morgan fingerprint density at radius 3 is 2.53 bits per heavy atom. The lowest BCUT2D eigenvalue weighted by Gasteiger charge is -2.16. The standard InChI is InChI=1S/C10H12N2O3/c11-4-7-2-1-6(3-8(7)13)10(15)9(14)5-12/h1-3,9-10,13-15H,5,12H2. The zero-order chi connectivity index (χ0) is 11.4. The number of aliphatic hydroxyl groups excluding tert-OH is 2. The van der Waals surface area contributed by atoms with Gasteiger partial charge in [-0.3, -0.25) is 0 Å². The Labute approximate surface area is 87.0 Å². The molecule has 0 aliphatic heterocycles. The summed E-state index contributed by atoms with van der Waals surface area (Å²) in [6.45, 7) is -0.0814. The van der Waals surface area contributed by atoms with Gasteiger partial charge in [0.05, 0.1) is 11.7 Å². The number of rotatable bonds is 3. The second-order valence-electron chi connectivity index (χ2n) is 3.14. The van der Waals surface area contributed by atoms with Crippen molar-refractivity contribution in [1.29, 1.82) is 5.26 Å². The fourth-order valence-corrected chi connectivity index (χ4v) is 1.18. The SMILES string of the molecule is N#Cc1ccc(C(O)C(O)CN)cc1O. The molecule has 0 radical (unpaired) electrons. The summed E-state index contributed by atoms with van der Waals surface area (Å²) in [4.78, 5) is 0. The van der Waals surface area contributed by atoms with Crippen molar-refractivity contribution >= 4 is 0 Å². The summed E-state index contributed by atoms with van der Waals surface area (Å²) in [5.41, 5.74) is 5.62. The summed E-state index contributed by atoms with van der Waals surface area (Å²) in [7, 11) is 0. The first-order valence-electron chi connectivity index (χ1n) is 4.39. The maximum atomic E-state index is 9.55. The Bertz CT molecular complexity index is 387. The number of aromatic hydroxyl groups is 1. The second-order valence-corrected chi connectivity index (χ2v) is 3.14. The number of aliphatic hydroxyl groups is 2. The number of hydrogen-bond donors (Lipinski definition) is 4. The Morgan fingerprint density at radius 1 is 1.40 bits per heavy atom. The average Bonchev–Trinajstić information content (AvgIpc) is 2.26. The molecule has 5 nitrogen and oxygen atoms in total. The van der Waals surface area contributed by atoms with E-state index >= 15 is 0 Å². The predicted octanol–water partition coefficient (Wildman–Crippen LogP) is -0.383. The molecule has 80 valence electrons. The molecule has 2 atom stereocenters. The summed E-state index contributed by atoms with van der Waals surface area (Å²) in [6.07, 6.45) is -2.24. The van der Waals surface area contributed by atoms with E-state index < -0.39 is 12.2 Å². The minimum Gasteiger partial charge on any atom is -0.507 e. The highest BCUT2D eigenvalue weighted by atomic mass is 16.3. The van der Waals surface area contributed by atoms with E-state index in [1.807, 2.05) is 0 Å². The van der Waals surface area contributed by atoms with Crippen LogP contribution in [-0.2, 0) is 0 Å². The number of benzene rings is 1. The Morgan fingerprint density at radius 2 is 2.07 bits per heavy atom. The van der Waals surface area contributed by atoms with Crippen molar-refractivity contribution in [1.82, 2.24) is 0 Å². The van der Waals surface area contributed by atoms with Crippen LogP contribution in [0.5, 0.6) is 5.75 Å². The predicted molar refractivity (Wildman–Crippen MR) is 52.8 cm³/mol. The van der Waals surface area contributed by atoms with Crippen molar-refractivity contribution in [3.63, 3.8) is 0 Å². The van der Waals surface area contributed by atoms with Gasteiger partial charge in [0.2, 0.25) is 0 Å². The van der Waals surface area contributed by atoms with Crippen molar-refractivity contribution in [3.8, 4) is 11.8 Å². The molecule has 0 heterocycles. The molecule has 1 rings (SSSR count). The fourth-order valence-electron chi connectivity index (χ4n) is 1.18. The van der Waals surface area contributed by atoms with Gasteiger partial charge in [-0.05, 0) is 17.7 Å². The van der Waals surface area contributed by atoms with Crippen LogP contribution >= 0.6 is 0 Å². The molecule has 0 aromatic heterocycles. The van der Waals surface area contributed by atoms with Gasteiger partial charge in [-0.2, -0.15) is 5.26 Å². The van der Waals surface area contributed by atoms with E-state index in [0.29, 0.717) is 5.56 Å². The van der Waals surface area contributed by atoms with Gasteiger partial charge in [-0.25, -0.2) is 0 Å². The summed E-state index contributed by atoms with van der Waals surface area (Å²) < 4.78 is 0. The zero-order valence-electron chi connectivity index (χ0n) is 7.96. The minimum atomic E-state index is -1.16. The molecule has 0 bridgehead atoms. The van der Waals surface area contributed by atoms with Gasteiger partial charge >= 0.3 is 0 Å². The van der Waals surface area contributed by atoms with Crippen molar-refractivity contribution in [3.05, 3.63) is 29.3 Å². The van der Waals surface area contributed by atoms with Crippen molar-refractivity contribution in [2.24, 2.45) is 5.73 Å². The zero-order valence-corrected chi connectivity index (χ0v) is 7.96. The molecule has 1 aromatic carbocycles. The maximum Gasteiger partial charge on any atom is 0.133 e. The number of nitrogens with two attached hydrogens (primary N) is 1. The van der Waals surface area contributed by atoms with E-state index in [0.717, 1.165) is 0 Å². The highest BCUT2D eigenvalue weighted by Crippen LogP contribution is 2.23. The van der Waals surface area contributed by atoms with Crippen LogP contribution in [0.2, 0.25) is 0 Å². The van der Waals surface area contributed by atoms with Gasteiger partial charge in [0.1, 0.15) is 17.9 Å². The Hall–Kier alpha value is -1.61. The summed E-state index contributed by atoms with van der Waals surface area (Å²) in [6, 6.07) is 5.86. The molecule has 0 saturated heterocycles. The first-order chi connectivity index (χ1) is 7.10. The average molecular weight is 208 g/mol. The normalized spacial score (nSPS) is 14.3. The molecule has 0 aliphatic carbocycles. The van der Waals surface area contributed by atoms with Gasteiger partial charge in [0.25, 0.3) is 0 Å². The quantitative estimate of drug-likeness (QED) is 0.541. The number of nitriles is 1. The molecule has 0 spiro atoms. The largest absolute Gasteiger partial charge is 0.507 e. The van der Waals surface area contributed by atoms with Crippen LogP contribution in [0.4, 0.5) is 0 Å². The van der Waals surface area contributed by atoms with E-state index in [2.05, 4.69) is 0 Å². The van der Waals surface area contributed by atoms with Gasteiger partial charge in [-0.1, -0.05) is 6.07 Å². The molecule has 15 heavy (non-hydrogen) atoms. The van der Waals surface area contributed by atoms with Gasteiger partial charge in [0.15, 0.2) is 0 Å². The van der Waals surface area contributed by atoms with E-state index in [1.54, 1.807) is 6.07 Å². The molecule has 0 aliphatic rings. The molecular weight excluding hydrogens is 196 g/mol. The van der Waals surface area contributed by atoms with Crippen LogP contribution < -0.4 is 5.73 Å². The van der Waals surface area contributed by atoms with Crippen LogP contribution in [0.25, 0.3) is 0 Å². The minimum absolute atomic E-state index is 0.0814. The monoisotopic (exact) mass is 208 g/mol. The lowest BCUT2D eigenvalue weighted by Crippen LogP contribution is -2.27. The Kier molecular flexibility index (Phi) is 3.63. The topological polar surface area (TPSA) is 110 Å². The first-order valence-corrected chi connectivity index (χ1v) is 4.39. The molecular formula is C10H12N2O3. The van der Waals surface area contributed by atoms with Gasteiger partial charge in [-0.15, -0.1) is 0 Å². The van der Waals surface area contributed by atoms with E-state index in [4.69, 9.17) is 11.0 Å². The van der Waals surface area contributed by atoms with Crippen LogP contribution in [0.15, 0.2) is 18.2 Å². The molecule has 5 heteroatoms. The number of hydrogen-bond acceptors (Lipinski definition) is 5. The van der Waals surface area contributed by atoms with Crippen LogP contribution in [-0.4, -0.2) is 28.0 Å². The summed E-state index contributed by atoms with van der Waals surface area (Å²) in [5.74, 6) is -0.224. The van der Waals surface area contributed by atoms with Crippen LogP contribution in [0.1, 0.15) is 17.2 Å². The second kappa shape index (κ2) is 4.75. The molecule has 0 fully saturated rings. The van der Waals surface area contributed by atoms with E-state index in [-0.39, 0.29) is 17.9 Å². The third-order valence-corrected chi connectivity index (χ3v) is 2.09. The number of nitrogens with zero attached hydrogens (tertiary/aromatic N) is 1. The number of phenols is 1. The molecule has 0 amide bonds. The Balaban J connectivity index is 2.98. The lowest BCUT2D eigenvalue weighted by atomic mass is 10.0. The number of phenolic OH excluding ortho intramolecular Hbond substituents is 1. The summed E-state index contributed by atoms with van der Waals surface area (Å²) in [5, 5.41) is 36.7. The molecule has 2 unspecified atom stereocenters. The smallest absolute Gasteiger partial charge is 0.133 e. The van der Waals surface area contributed by atoms with E-state index in [9.17, 15) is 15.3 Å². The maximum absolute atomic E-state index is 9.55. The highest BCUT2D eigenvalue weighted by Gasteiger charge is 2.17. The highest BCUT2D eigenvalue weighted by molar-refractivity contribution is 5.44. The van der Waals surface area contributed by atoms with Crippen LogP contribution in [0.3, 0.4) is 0 Å². The molecule has 0 saturated carbocycles. The fraction of sp³-hybridized carbons (Fsp3) is 0.300. The van der Waals surface area contributed by atoms with Crippen molar-refractivity contribution in [2.45, 2.75) is 12.2 Å². The molecule has 1 aromatic rings. The molecule has 5 N–H and O–H groups in total. The third-order valence-electron chi connectivity index (χ3n) is 2.09. The third kappa shape index (κ3) is 2.44. The lowest BCUT2D eigenvalue weighted by molar-refractivity contribution is 0.0242. The summed E-state index contributed by atoms with van der Waals surface area (Å²) >= 11 is 0. The van der Waals surface area contributed by atoms with E-state index in [1.165, 1.54) is 18.2 Å². The van der Waals surface area contributed by atoms with Crippen molar-refractivity contribution in [2.75, 3.05) is 6.54 Å². The van der Waals surface area contributed by atoms with Crippen molar-refractivity contribution < 1.29 is 15.3 Å². The van der Waals surface area contributed by atoms with Crippen LogP contribution in [0, 0.1) is 11.3 Å². The first kappa shape index (κ1) is 11.5. The van der Waals surface area contributed by atoms with Gasteiger partial charge < -0.3 is 21.1 Å². The van der Waals surface area contributed by atoms with Gasteiger partial charge in [0, 0.05) is 6.54 Å².